The van der Waals surface area contributed by atoms with E-state index >= 15 is 0 Å². The van der Waals surface area contributed by atoms with Crippen molar-refractivity contribution in [1.82, 2.24) is 9.88 Å². The molecule has 4 rings (SSSR count). The Bertz CT molecular complexity index is 994. The topological polar surface area (TPSA) is 53.2 Å². The predicted molar refractivity (Wildman–Crippen MR) is 102 cm³/mol. The number of hydrogen-bond donors (Lipinski definition) is 1. The summed E-state index contributed by atoms with van der Waals surface area (Å²) in [6.07, 6.45) is 3.40. The van der Waals surface area contributed by atoms with Gasteiger partial charge >= 0.3 is 0 Å². The zero-order valence-electron chi connectivity index (χ0n) is 13.5. The van der Waals surface area contributed by atoms with Crippen LogP contribution < -0.4 is 5.43 Å². The Morgan fingerprint density at radius 1 is 1.12 bits per heavy atom. The molecular weight excluding hydrogens is 380 g/mol. The maximum atomic E-state index is 13.1. The van der Waals surface area contributed by atoms with Crippen molar-refractivity contribution in [3.8, 4) is 0 Å². The van der Waals surface area contributed by atoms with Gasteiger partial charge in [-0.1, -0.05) is 40.2 Å². The van der Waals surface area contributed by atoms with E-state index in [2.05, 4.69) is 20.9 Å². The second kappa shape index (κ2) is 6.48. The van der Waals surface area contributed by atoms with Crippen LogP contribution in [0.4, 0.5) is 0 Å². The van der Waals surface area contributed by atoms with Gasteiger partial charge in [0.15, 0.2) is 0 Å². The SMILES string of the molecule is O=C(c1c[nH]c2ccccc2c1=O)N1CCCC1c1ccc(Br)cc1. The Balaban J connectivity index is 1.71. The molecule has 1 aromatic heterocycles. The molecule has 0 aliphatic carbocycles. The van der Waals surface area contributed by atoms with Gasteiger partial charge in [0.1, 0.15) is 5.56 Å². The van der Waals surface area contributed by atoms with Gasteiger partial charge in [0.2, 0.25) is 5.43 Å². The molecule has 0 spiro atoms. The minimum Gasteiger partial charge on any atom is -0.360 e. The Hall–Kier alpha value is -2.40. The van der Waals surface area contributed by atoms with Gasteiger partial charge in [0.05, 0.1) is 6.04 Å². The summed E-state index contributed by atoms with van der Waals surface area (Å²) in [5.41, 5.74) is 1.85. The zero-order valence-corrected chi connectivity index (χ0v) is 15.1. The predicted octanol–water partition coefficient (Wildman–Crippen LogP) is 4.27. The van der Waals surface area contributed by atoms with Gasteiger partial charge in [-0.05, 0) is 42.7 Å². The lowest BCUT2D eigenvalue weighted by atomic mass is 10.0. The number of para-hydroxylation sites is 1. The van der Waals surface area contributed by atoms with Crippen LogP contribution in [0.15, 0.2) is 64.0 Å². The molecule has 25 heavy (non-hydrogen) atoms. The van der Waals surface area contributed by atoms with Crippen LogP contribution in [0.5, 0.6) is 0 Å². The number of H-pyrrole nitrogens is 1. The van der Waals surface area contributed by atoms with Crippen molar-refractivity contribution < 1.29 is 4.79 Å². The molecule has 2 heterocycles. The van der Waals surface area contributed by atoms with E-state index in [-0.39, 0.29) is 22.9 Å². The molecule has 3 aromatic rings. The Morgan fingerprint density at radius 2 is 1.88 bits per heavy atom. The molecule has 1 atom stereocenters. The van der Waals surface area contributed by atoms with Gasteiger partial charge in [-0.3, -0.25) is 9.59 Å². The molecule has 1 fully saturated rings. The van der Waals surface area contributed by atoms with Crippen LogP contribution in [-0.4, -0.2) is 22.3 Å². The average Bonchev–Trinajstić information content (AvgIpc) is 3.12. The van der Waals surface area contributed by atoms with Crippen LogP contribution in [-0.2, 0) is 0 Å². The summed E-state index contributed by atoms with van der Waals surface area (Å²) in [6, 6.07) is 15.3. The summed E-state index contributed by atoms with van der Waals surface area (Å²) in [7, 11) is 0. The van der Waals surface area contributed by atoms with Crippen LogP contribution in [0, 0.1) is 0 Å². The van der Waals surface area contributed by atoms with Crippen molar-refractivity contribution in [2.75, 3.05) is 6.54 Å². The molecule has 1 aliphatic heterocycles. The van der Waals surface area contributed by atoms with Gasteiger partial charge in [0, 0.05) is 28.1 Å². The number of likely N-dealkylation sites (tertiary alicyclic amines) is 1. The number of carbonyl (C=O) groups excluding carboxylic acids is 1. The fraction of sp³-hybridized carbons (Fsp3) is 0.200. The van der Waals surface area contributed by atoms with E-state index in [9.17, 15) is 9.59 Å². The van der Waals surface area contributed by atoms with Crippen molar-refractivity contribution in [3.05, 3.63) is 80.6 Å². The highest BCUT2D eigenvalue weighted by Gasteiger charge is 2.31. The van der Waals surface area contributed by atoms with Crippen molar-refractivity contribution in [3.63, 3.8) is 0 Å². The van der Waals surface area contributed by atoms with E-state index in [1.165, 1.54) is 0 Å². The monoisotopic (exact) mass is 396 g/mol. The van der Waals surface area contributed by atoms with Gasteiger partial charge in [0.25, 0.3) is 5.91 Å². The molecule has 0 bridgehead atoms. The van der Waals surface area contributed by atoms with E-state index in [1.54, 1.807) is 12.3 Å². The number of nitrogens with one attached hydrogen (secondary N) is 1. The molecule has 4 nitrogen and oxygen atoms in total. The van der Waals surface area contributed by atoms with E-state index in [1.807, 2.05) is 47.4 Å². The number of pyridine rings is 1. The van der Waals surface area contributed by atoms with Crippen LogP contribution >= 0.6 is 15.9 Å². The largest absolute Gasteiger partial charge is 0.360 e. The fourth-order valence-corrected chi connectivity index (χ4v) is 3.79. The third kappa shape index (κ3) is 2.89. The third-order valence-electron chi connectivity index (χ3n) is 4.79. The van der Waals surface area contributed by atoms with Gasteiger partial charge < -0.3 is 9.88 Å². The lowest BCUT2D eigenvalue weighted by Gasteiger charge is -2.25. The normalized spacial score (nSPS) is 17.2. The molecule has 0 saturated carbocycles. The highest BCUT2D eigenvalue weighted by atomic mass is 79.9. The number of fused-ring (bicyclic) bond motifs is 1. The maximum Gasteiger partial charge on any atom is 0.259 e. The van der Waals surface area contributed by atoms with Crippen molar-refractivity contribution in [2.45, 2.75) is 18.9 Å². The standard InChI is InChI=1S/C20H17BrN2O2/c21-14-9-7-13(8-10-14)18-6-3-11-23(18)20(25)16-12-22-17-5-2-1-4-15(17)19(16)24/h1-2,4-5,7-10,12,18H,3,6,11H2,(H,22,24). The molecule has 1 amide bonds. The van der Waals surface area contributed by atoms with E-state index in [0.29, 0.717) is 11.9 Å². The lowest BCUT2D eigenvalue weighted by Crippen LogP contribution is -2.34. The number of benzene rings is 2. The van der Waals surface area contributed by atoms with Gasteiger partial charge in [-0.25, -0.2) is 0 Å². The highest BCUT2D eigenvalue weighted by Crippen LogP contribution is 2.33. The van der Waals surface area contributed by atoms with Crippen LogP contribution in [0.25, 0.3) is 10.9 Å². The number of hydrogen-bond acceptors (Lipinski definition) is 2. The van der Waals surface area contributed by atoms with Crippen molar-refractivity contribution >= 4 is 32.7 Å². The number of aromatic nitrogens is 1. The Morgan fingerprint density at radius 3 is 2.68 bits per heavy atom. The minimum atomic E-state index is -0.208. The maximum absolute atomic E-state index is 13.1. The number of rotatable bonds is 2. The molecule has 0 radical (unpaired) electrons. The number of halogens is 1. The third-order valence-corrected chi connectivity index (χ3v) is 5.32. The molecule has 1 unspecified atom stereocenters. The Labute approximate surface area is 153 Å². The summed E-state index contributed by atoms with van der Waals surface area (Å²) in [5, 5.41) is 0.549. The lowest BCUT2D eigenvalue weighted by molar-refractivity contribution is 0.0734. The van der Waals surface area contributed by atoms with Crippen LogP contribution in [0.3, 0.4) is 0 Å². The first-order valence-corrected chi connectivity index (χ1v) is 9.11. The summed E-state index contributed by atoms with van der Waals surface area (Å²) >= 11 is 3.44. The summed E-state index contributed by atoms with van der Waals surface area (Å²) in [6.45, 7) is 0.672. The van der Waals surface area contributed by atoms with E-state index in [4.69, 9.17) is 0 Å². The van der Waals surface area contributed by atoms with Crippen LogP contribution in [0.2, 0.25) is 0 Å². The molecule has 1 saturated heterocycles. The Kier molecular flexibility index (Phi) is 4.17. The quantitative estimate of drug-likeness (QED) is 0.702. The second-order valence-corrected chi connectivity index (χ2v) is 7.20. The zero-order chi connectivity index (χ0) is 17.4. The van der Waals surface area contributed by atoms with Gasteiger partial charge in [-0.15, -0.1) is 0 Å². The first kappa shape index (κ1) is 16.1. The van der Waals surface area contributed by atoms with Crippen LogP contribution in [0.1, 0.15) is 34.8 Å². The summed E-state index contributed by atoms with van der Waals surface area (Å²) < 4.78 is 1.01. The molecule has 126 valence electrons. The van der Waals surface area contributed by atoms with Crippen molar-refractivity contribution in [2.24, 2.45) is 0 Å². The van der Waals surface area contributed by atoms with Gasteiger partial charge in [-0.2, -0.15) is 0 Å². The molecule has 1 aliphatic rings. The number of amides is 1. The number of aromatic amines is 1. The van der Waals surface area contributed by atoms with Crippen molar-refractivity contribution in [1.29, 1.82) is 0 Å². The summed E-state index contributed by atoms with van der Waals surface area (Å²) in [4.78, 5) is 30.7. The number of carbonyl (C=O) groups is 1. The summed E-state index contributed by atoms with van der Waals surface area (Å²) in [5.74, 6) is -0.197. The highest BCUT2D eigenvalue weighted by molar-refractivity contribution is 9.10. The molecular formula is C20H17BrN2O2. The van der Waals surface area contributed by atoms with E-state index in [0.717, 1.165) is 28.4 Å². The fourth-order valence-electron chi connectivity index (χ4n) is 3.52. The first-order valence-electron chi connectivity index (χ1n) is 8.32. The molecule has 2 aromatic carbocycles. The number of nitrogens with zero attached hydrogens (tertiary/aromatic N) is 1. The first-order chi connectivity index (χ1) is 12.1. The minimum absolute atomic E-state index is 0.0199. The molecule has 1 N–H and O–H groups in total. The molecule has 5 heteroatoms. The second-order valence-electron chi connectivity index (χ2n) is 6.29. The smallest absolute Gasteiger partial charge is 0.259 e. The average molecular weight is 397 g/mol. The van der Waals surface area contributed by atoms with E-state index < -0.39 is 0 Å².